The molecule has 0 aliphatic carbocycles. The van der Waals surface area contributed by atoms with Gasteiger partial charge in [-0.2, -0.15) is 0 Å². The molecule has 8 heteroatoms. The van der Waals surface area contributed by atoms with Crippen molar-refractivity contribution < 1.29 is 19.3 Å². The van der Waals surface area contributed by atoms with Gasteiger partial charge in [0.1, 0.15) is 6.61 Å². The van der Waals surface area contributed by atoms with Crippen LogP contribution >= 0.6 is 0 Å². The Bertz CT molecular complexity index is 811. The maximum absolute atomic E-state index is 10.2. The maximum Gasteiger partial charge on any atom is 0.216 e. The fraction of sp³-hybridized carbons (Fsp3) is 0.667. The highest BCUT2D eigenvalue weighted by atomic mass is 16.5. The van der Waals surface area contributed by atoms with E-state index < -0.39 is 5.60 Å². The summed E-state index contributed by atoms with van der Waals surface area (Å²) in [6, 6.07) is 1.99. The average molecular weight is 447 g/mol. The van der Waals surface area contributed by atoms with E-state index in [1.165, 1.54) is 0 Å². The number of rotatable bonds is 8. The van der Waals surface area contributed by atoms with Gasteiger partial charge in [0.25, 0.3) is 0 Å². The zero-order valence-electron chi connectivity index (χ0n) is 19.9. The summed E-state index contributed by atoms with van der Waals surface area (Å²) in [4.78, 5) is 6.68. The molecule has 32 heavy (non-hydrogen) atoms. The summed E-state index contributed by atoms with van der Waals surface area (Å²) in [5.74, 6) is 1.16. The summed E-state index contributed by atoms with van der Waals surface area (Å²) in [5, 5.41) is 22.2. The largest absolute Gasteiger partial charge is 0.481 e. The first-order valence-corrected chi connectivity index (χ1v) is 11.5. The van der Waals surface area contributed by atoms with Gasteiger partial charge in [0.15, 0.2) is 0 Å². The molecule has 2 aliphatic heterocycles. The number of aliphatic hydroxyl groups is 1. The summed E-state index contributed by atoms with van der Waals surface area (Å²) in [6.45, 7) is 10.1. The van der Waals surface area contributed by atoms with Gasteiger partial charge in [-0.15, -0.1) is 0 Å². The van der Waals surface area contributed by atoms with E-state index in [0.717, 1.165) is 55.0 Å². The maximum atomic E-state index is 10.2. The molecular weight excluding hydrogens is 408 g/mol. The molecule has 0 aromatic carbocycles. The molecule has 0 spiro atoms. The minimum absolute atomic E-state index is 0.211. The van der Waals surface area contributed by atoms with Crippen molar-refractivity contribution in [1.29, 1.82) is 5.41 Å². The van der Waals surface area contributed by atoms with Crippen LogP contribution in [0.25, 0.3) is 0 Å². The Morgan fingerprint density at radius 3 is 2.69 bits per heavy atom. The number of aromatic nitrogens is 1. The van der Waals surface area contributed by atoms with Crippen LogP contribution in [0.4, 0.5) is 5.69 Å². The van der Waals surface area contributed by atoms with Crippen molar-refractivity contribution in [2.45, 2.75) is 52.1 Å². The molecule has 0 radical (unpaired) electrons. The topological polar surface area (TPSA) is 99.9 Å². The van der Waals surface area contributed by atoms with Gasteiger partial charge in [-0.25, -0.2) is 4.98 Å². The van der Waals surface area contributed by atoms with Gasteiger partial charge in [0.05, 0.1) is 37.8 Å². The predicted octanol–water partition coefficient (Wildman–Crippen LogP) is 3.35. The van der Waals surface area contributed by atoms with E-state index in [4.69, 9.17) is 19.6 Å². The number of nitrogens with zero attached hydrogens (tertiary/aromatic N) is 2. The van der Waals surface area contributed by atoms with E-state index in [1.54, 1.807) is 13.3 Å². The Labute approximate surface area is 191 Å². The molecule has 0 unspecified atom stereocenters. The molecule has 0 atom stereocenters. The molecule has 0 saturated carbocycles. The lowest BCUT2D eigenvalue weighted by Crippen LogP contribution is -2.43. The second-order valence-corrected chi connectivity index (χ2v) is 9.19. The fourth-order valence-corrected chi connectivity index (χ4v) is 4.39. The second-order valence-electron chi connectivity index (χ2n) is 9.19. The van der Waals surface area contributed by atoms with Gasteiger partial charge >= 0.3 is 0 Å². The molecular formula is C24H38N4O4. The monoisotopic (exact) mass is 446 g/mol. The van der Waals surface area contributed by atoms with E-state index in [2.05, 4.69) is 15.2 Å². The van der Waals surface area contributed by atoms with E-state index in [0.29, 0.717) is 44.5 Å². The highest BCUT2D eigenvalue weighted by Gasteiger charge is 2.30. The van der Waals surface area contributed by atoms with Crippen LogP contribution in [0.2, 0.25) is 0 Å². The van der Waals surface area contributed by atoms with Gasteiger partial charge in [0.2, 0.25) is 11.8 Å². The number of hydrogen-bond acceptors (Lipinski definition) is 8. The molecule has 0 amide bonds. The number of nitrogens with one attached hydrogen (secondary N) is 2. The summed E-state index contributed by atoms with van der Waals surface area (Å²) < 4.78 is 16.8. The van der Waals surface area contributed by atoms with Gasteiger partial charge in [-0.05, 0) is 58.7 Å². The second kappa shape index (κ2) is 11.1. The summed E-state index contributed by atoms with van der Waals surface area (Å²) in [7, 11) is 1.61. The lowest BCUT2D eigenvalue weighted by Gasteiger charge is -2.37. The zero-order valence-corrected chi connectivity index (χ0v) is 19.9. The SMILES string of the molecule is COc1ncc(NC2=C(C(=N)OCCN3CCC(C(C)(C)O)CC3)CCOCC2)cc1C. The molecule has 3 heterocycles. The minimum atomic E-state index is -0.611. The Hall–Kier alpha value is -2.16. The molecule has 1 aromatic rings. The zero-order chi connectivity index (χ0) is 23.1. The molecule has 3 N–H and O–H groups in total. The van der Waals surface area contributed by atoms with Gasteiger partial charge < -0.3 is 24.6 Å². The molecule has 178 valence electrons. The number of anilines is 1. The smallest absolute Gasteiger partial charge is 0.216 e. The van der Waals surface area contributed by atoms with E-state index in [1.807, 2.05) is 26.8 Å². The Morgan fingerprint density at radius 2 is 2.03 bits per heavy atom. The molecule has 3 rings (SSSR count). The van der Waals surface area contributed by atoms with Crippen LogP contribution in [0.1, 0.15) is 45.1 Å². The number of aryl methyl sites for hydroxylation is 1. The number of likely N-dealkylation sites (tertiary alicyclic amines) is 1. The van der Waals surface area contributed by atoms with E-state index in [-0.39, 0.29) is 5.90 Å². The van der Waals surface area contributed by atoms with Crippen molar-refractivity contribution in [3.63, 3.8) is 0 Å². The van der Waals surface area contributed by atoms with Crippen molar-refractivity contribution in [1.82, 2.24) is 9.88 Å². The van der Waals surface area contributed by atoms with Crippen molar-refractivity contribution in [3.8, 4) is 5.88 Å². The Morgan fingerprint density at radius 1 is 1.31 bits per heavy atom. The first-order chi connectivity index (χ1) is 15.3. The third-order valence-corrected chi connectivity index (χ3v) is 6.39. The molecule has 1 fully saturated rings. The molecule has 2 aliphatic rings. The van der Waals surface area contributed by atoms with Crippen molar-refractivity contribution >= 4 is 11.6 Å². The summed E-state index contributed by atoms with van der Waals surface area (Å²) in [6.07, 6.45) is 5.06. The number of pyridine rings is 1. The highest BCUT2D eigenvalue weighted by molar-refractivity contribution is 5.92. The Kier molecular flexibility index (Phi) is 8.51. The molecule has 8 nitrogen and oxygen atoms in total. The number of ether oxygens (including phenoxy) is 3. The van der Waals surface area contributed by atoms with Crippen LogP contribution < -0.4 is 10.1 Å². The van der Waals surface area contributed by atoms with Crippen LogP contribution in [0.5, 0.6) is 5.88 Å². The number of methoxy groups -OCH3 is 1. The first kappa shape index (κ1) is 24.5. The van der Waals surface area contributed by atoms with Crippen molar-refractivity contribution in [2.75, 3.05) is 51.9 Å². The highest BCUT2D eigenvalue weighted by Crippen LogP contribution is 2.28. The lowest BCUT2D eigenvalue weighted by molar-refractivity contribution is -0.0139. The summed E-state index contributed by atoms with van der Waals surface area (Å²) in [5.41, 5.74) is 3.01. The quantitative estimate of drug-likeness (QED) is 0.416. The van der Waals surface area contributed by atoms with Crippen LogP contribution in [0.3, 0.4) is 0 Å². The van der Waals surface area contributed by atoms with Crippen LogP contribution in [0.15, 0.2) is 23.5 Å². The van der Waals surface area contributed by atoms with E-state index >= 15 is 0 Å². The standard InChI is InChI=1S/C24H38N4O4/c1-17-15-19(16-26-23(17)30-4)27-21-8-13-31-12-7-20(21)22(25)32-14-11-28-9-5-18(6-10-28)24(2,3)29/h15-16,18,25,27,29H,5-14H2,1-4H3. The van der Waals surface area contributed by atoms with Gasteiger partial charge in [-0.3, -0.25) is 10.3 Å². The van der Waals surface area contributed by atoms with E-state index in [9.17, 15) is 5.11 Å². The molecule has 0 bridgehead atoms. The van der Waals surface area contributed by atoms with Crippen LogP contribution in [-0.4, -0.2) is 73.1 Å². The fourth-order valence-electron chi connectivity index (χ4n) is 4.39. The first-order valence-electron chi connectivity index (χ1n) is 11.5. The normalized spacial score (nSPS) is 18.9. The number of hydrogen-bond donors (Lipinski definition) is 3. The molecule has 1 saturated heterocycles. The molecule has 1 aromatic heterocycles. The van der Waals surface area contributed by atoms with Crippen molar-refractivity contribution in [3.05, 3.63) is 29.1 Å². The van der Waals surface area contributed by atoms with Crippen molar-refractivity contribution in [2.24, 2.45) is 5.92 Å². The number of piperidine rings is 1. The van der Waals surface area contributed by atoms with Crippen LogP contribution in [0, 0.1) is 18.3 Å². The third kappa shape index (κ3) is 6.67. The Balaban J connectivity index is 1.56. The van der Waals surface area contributed by atoms with Gasteiger partial charge in [-0.1, -0.05) is 0 Å². The lowest BCUT2D eigenvalue weighted by atomic mass is 9.83. The van der Waals surface area contributed by atoms with Crippen LogP contribution in [-0.2, 0) is 9.47 Å². The minimum Gasteiger partial charge on any atom is -0.481 e. The van der Waals surface area contributed by atoms with Gasteiger partial charge in [0, 0.05) is 36.2 Å². The average Bonchev–Trinajstić information content (AvgIpc) is 2.99. The summed E-state index contributed by atoms with van der Waals surface area (Å²) >= 11 is 0. The predicted molar refractivity (Wildman–Crippen MR) is 125 cm³/mol. The third-order valence-electron chi connectivity index (χ3n) is 6.39.